The van der Waals surface area contributed by atoms with Gasteiger partial charge in [0.1, 0.15) is 6.07 Å². The lowest BCUT2D eigenvalue weighted by atomic mass is 10.2. The molecule has 0 aromatic heterocycles. The smallest absolute Gasteiger partial charge is 0.208 e. The molecule has 8 heteroatoms. The van der Waals surface area contributed by atoms with Crippen molar-refractivity contribution >= 4 is 15.7 Å². The molecular weight excluding hydrogens is 264 g/mol. The highest BCUT2D eigenvalue weighted by Gasteiger charge is 2.12. The van der Waals surface area contributed by atoms with E-state index in [0.717, 1.165) is 12.3 Å². The summed E-state index contributed by atoms with van der Waals surface area (Å²) in [6, 6.07) is 3.88. The minimum atomic E-state index is -3.31. The summed E-state index contributed by atoms with van der Waals surface area (Å²) >= 11 is 0. The molecule has 5 nitrogen and oxygen atoms in total. The highest BCUT2D eigenvalue weighted by atomic mass is 32.2. The molecule has 0 bridgehead atoms. The van der Waals surface area contributed by atoms with Gasteiger partial charge in [-0.05, 0) is 12.1 Å². The van der Waals surface area contributed by atoms with E-state index in [2.05, 4.69) is 10.0 Å². The van der Waals surface area contributed by atoms with Gasteiger partial charge in [0.15, 0.2) is 11.6 Å². The van der Waals surface area contributed by atoms with Crippen LogP contribution in [0.1, 0.15) is 5.56 Å². The zero-order valence-electron chi connectivity index (χ0n) is 9.50. The second-order valence-corrected chi connectivity index (χ2v) is 5.33. The lowest BCUT2D eigenvalue weighted by Crippen LogP contribution is -2.27. The molecule has 0 spiro atoms. The molecule has 0 amide bonds. The fraction of sp³-hybridized carbons (Fsp3) is 0.300. The Morgan fingerprint density at radius 1 is 1.28 bits per heavy atom. The van der Waals surface area contributed by atoms with Gasteiger partial charge in [0.05, 0.1) is 17.5 Å². The van der Waals surface area contributed by atoms with Gasteiger partial charge >= 0.3 is 0 Å². The normalized spacial score (nSPS) is 11.0. The van der Waals surface area contributed by atoms with Crippen LogP contribution in [-0.4, -0.2) is 27.8 Å². The van der Waals surface area contributed by atoms with Gasteiger partial charge in [-0.1, -0.05) is 0 Å². The predicted octanol–water partition coefficient (Wildman–Crippen LogP) is 0.798. The lowest BCUT2D eigenvalue weighted by Gasteiger charge is -2.08. The van der Waals surface area contributed by atoms with E-state index in [4.69, 9.17) is 5.26 Å². The first-order chi connectivity index (χ1) is 8.35. The number of benzene rings is 1. The van der Waals surface area contributed by atoms with Crippen molar-refractivity contribution in [2.45, 2.75) is 0 Å². The van der Waals surface area contributed by atoms with Gasteiger partial charge in [-0.25, -0.2) is 21.9 Å². The molecular formula is C10H11F2N3O2S. The minimum Gasteiger partial charge on any atom is -0.381 e. The molecule has 98 valence electrons. The van der Waals surface area contributed by atoms with E-state index in [1.165, 1.54) is 12.1 Å². The number of hydrogen-bond acceptors (Lipinski definition) is 4. The van der Waals surface area contributed by atoms with E-state index in [9.17, 15) is 17.2 Å². The Kier molecular flexibility index (Phi) is 4.58. The maximum absolute atomic E-state index is 13.4. The third-order valence-corrected chi connectivity index (χ3v) is 2.74. The molecule has 1 aromatic carbocycles. The van der Waals surface area contributed by atoms with Crippen molar-refractivity contribution in [3.63, 3.8) is 0 Å². The Morgan fingerprint density at radius 2 is 1.94 bits per heavy atom. The second kappa shape index (κ2) is 5.75. The van der Waals surface area contributed by atoms with Gasteiger partial charge in [-0.3, -0.25) is 0 Å². The average Bonchev–Trinajstić information content (AvgIpc) is 2.28. The van der Waals surface area contributed by atoms with Crippen LogP contribution in [0.5, 0.6) is 0 Å². The number of nitriles is 1. The molecule has 0 aliphatic carbocycles. The lowest BCUT2D eigenvalue weighted by molar-refractivity contribution is 0.508. The van der Waals surface area contributed by atoms with Gasteiger partial charge in [0.25, 0.3) is 0 Å². The summed E-state index contributed by atoms with van der Waals surface area (Å²) in [6.45, 7) is 0.134. The van der Waals surface area contributed by atoms with Crippen LogP contribution in [0.2, 0.25) is 0 Å². The molecule has 0 saturated heterocycles. The number of rotatable bonds is 5. The molecule has 0 fully saturated rings. The quantitative estimate of drug-likeness (QED) is 0.779. The molecule has 0 unspecified atom stereocenters. The van der Waals surface area contributed by atoms with E-state index in [-0.39, 0.29) is 24.3 Å². The Balaban J connectivity index is 2.65. The zero-order chi connectivity index (χ0) is 13.8. The van der Waals surface area contributed by atoms with Crippen molar-refractivity contribution in [3.05, 3.63) is 29.3 Å². The predicted molar refractivity (Wildman–Crippen MR) is 62.4 cm³/mol. The van der Waals surface area contributed by atoms with Crippen LogP contribution in [0.25, 0.3) is 0 Å². The molecule has 0 heterocycles. The highest BCUT2D eigenvalue weighted by molar-refractivity contribution is 7.88. The molecule has 18 heavy (non-hydrogen) atoms. The van der Waals surface area contributed by atoms with E-state index in [1.54, 1.807) is 0 Å². The van der Waals surface area contributed by atoms with Crippen LogP contribution in [-0.2, 0) is 10.0 Å². The SMILES string of the molecule is CS(=O)(=O)NCCNc1ccc(C#N)c(F)c1F. The molecule has 0 aliphatic rings. The third kappa shape index (κ3) is 3.94. The van der Waals surface area contributed by atoms with Crippen molar-refractivity contribution in [2.75, 3.05) is 24.7 Å². The molecule has 1 aromatic rings. The summed E-state index contributed by atoms with van der Waals surface area (Å²) in [7, 11) is -3.31. The van der Waals surface area contributed by atoms with Crippen molar-refractivity contribution in [1.29, 1.82) is 5.26 Å². The van der Waals surface area contributed by atoms with Crippen LogP contribution in [0.3, 0.4) is 0 Å². The summed E-state index contributed by atoms with van der Waals surface area (Å²) in [5, 5.41) is 11.0. The Hall–Kier alpha value is -1.72. The van der Waals surface area contributed by atoms with E-state index in [0.29, 0.717) is 0 Å². The molecule has 2 N–H and O–H groups in total. The van der Waals surface area contributed by atoms with Gasteiger partial charge < -0.3 is 5.32 Å². The summed E-state index contributed by atoms with van der Waals surface area (Å²) in [5.74, 6) is -2.38. The summed E-state index contributed by atoms with van der Waals surface area (Å²) in [5.41, 5.74) is -0.505. The highest BCUT2D eigenvalue weighted by Crippen LogP contribution is 2.19. The number of nitrogens with zero attached hydrogens (tertiary/aromatic N) is 1. The van der Waals surface area contributed by atoms with Crippen molar-refractivity contribution < 1.29 is 17.2 Å². The van der Waals surface area contributed by atoms with Crippen LogP contribution < -0.4 is 10.0 Å². The summed E-state index contributed by atoms with van der Waals surface area (Å²) in [4.78, 5) is 0. The number of anilines is 1. The second-order valence-electron chi connectivity index (χ2n) is 3.49. The Labute approximate surface area is 103 Å². The fourth-order valence-corrected chi connectivity index (χ4v) is 1.68. The molecule has 1 rings (SSSR count). The summed E-state index contributed by atoms with van der Waals surface area (Å²) < 4.78 is 50.3. The number of halogens is 2. The van der Waals surface area contributed by atoms with E-state index >= 15 is 0 Å². The number of sulfonamides is 1. The van der Waals surface area contributed by atoms with Gasteiger partial charge in [0, 0.05) is 13.1 Å². The number of nitrogens with one attached hydrogen (secondary N) is 2. The average molecular weight is 275 g/mol. The third-order valence-electron chi connectivity index (χ3n) is 2.01. The maximum Gasteiger partial charge on any atom is 0.208 e. The van der Waals surface area contributed by atoms with Crippen LogP contribution in [0, 0.1) is 23.0 Å². The zero-order valence-corrected chi connectivity index (χ0v) is 10.3. The molecule has 0 saturated carbocycles. The van der Waals surface area contributed by atoms with Crippen molar-refractivity contribution in [1.82, 2.24) is 4.72 Å². The minimum absolute atomic E-state index is 0.0416. The monoisotopic (exact) mass is 275 g/mol. The van der Waals surface area contributed by atoms with Crippen LogP contribution in [0.15, 0.2) is 12.1 Å². The van der Waals surface area contributed by atoms with Gasteiger partial charge in [-0.2, -0.15) is 5.26 Å². The standard InChI is InChI=1S/C10H11F2N3O2S/c1-18(16,17)15-5-4-14-8-3-2-7(6-13)9(11)10(8)12/h2-3,14-15H,4-5H2,1H3. The van der Waals surface area contributed by atoms with E-state index < -0.39 is 21.7 Å². The summed E-state index contributed by atoms with van der Waals surface area (Å²) in [6.07, 6.45) is 0.995. The largest absolute Gasteiger partial charge is 0.381 e. The topological polar surface area (TPSA) is 82.0 Å². The Bertz CT molecular complexity index is 582. The number of hydrogen-bond donors (Lipinski definition) is 2. The molecule has 0 aliphatic heterocycles. The van der Waals surface area contributed by atoms with E-state index in [1.807, 2.05) is 0 Å². The first kappa shape index (κ1) is 14.3. The van der Waals surface area contributed by atoms with Gasteiger partial charge in [-0.15, -0.1) is 0 Å². The fourth-order valence-electron chi connectivity index (χ4n) is 1.21. The molecule has 0 radical (unpaired) electrons. The molecule has 0 atom stereocenters. The Morgan fingerprint density at radius 3 is 2.50 bits per heavy atom. The van der Waals surface area contributed by atoms with Crippen molar-refractivity contribution in [3.8, 4) is 6.07 Å². The first-order valence-corrected chi connectivity index (χ1v) is 6.81. The van der Waals surface area contributed by atoms with Crippen LogP contribution >= 0.6 is 0 Å². The van der Waals surface area contributed by atoms with Crippen LogP contribution in [0.4, 0.5) is 14.5 Å². The first-order valence-electron chi connectivity index (χ1n) is 4.92. The van der Waals surface area contributed by atoms with Gasteiger partial charge in [0.2, 0.25) is 10.0 Å². The van der Waals surface area contributed by atoms with Crippen molar-refractivity contribution in [2.24, 2.45) is 0 Å². The maximum atomic E-state index is 13.4.